The van der Waals surface area contributed by atoms with Crippen molar-refractivity contribution >= 4 is 27.7 Å². The van der Waals surface area contributed by atoms with Crippen LogP contribution in [0.3, 0.4) is 0 Å². The molecule has 2 N–H and O–H groups in total. The van der Waals surface area contributed by atoms with Crippen molar-refractivity contribution in [1.82, 2.24) is 9.21 Å². The monoisotopic (exact) mass is 373 g/mol. The molecule has 0 aliphatic carbocycles. The van der Waals surface area contributed by atoms with Crippen LogP contribution in [0.15, 0.2) is 23.1 Å². The van der Waals surface area contributed by atoms with Gasteiger partial charge in [0, 0.05) is 32.9 Å². The summed E-state index contributed by atoms with van der Waals surface area (Å²) in [6, 6.07) is 2.67. The lowest BCUT2D eigenvalue weighted by Gasteiger charge is -2.21. The van der Waals surface area contributed by atoms with Crippen LogP contribution in [0.25, 0.3) is 0 Å². The largest absolute Gasteiger partial charge is 0.481 e. The van der Waals surface area contributed by atoms with Crippen LogP contribution >= 0.6 is 0 Å². The first-order chi connectivity index (χ1) is 11.5. The van der Waals surface area contributed by atoms with Crippen LogP contribution in [0.4, 0.5) is 14.9 Å². The molecule has 0 radical (unpaired) electrons. The zero-order valence-electron chi connectivity index (χ0n) is 14.1. The van der Waals surface area contributed by atoms with Gasteiger partial charge in [0.25, 0.3) is 0 Å². The van der Waals surface area contributed by atoms with E-state index in [0.717, 1.165) is 16.4 Å². The van der Waals surface area contributed by atoms with Crippen molar-refractivity contribution in [1.29, 1.82) is 0 Å². The molecule has 0 spiro atoms. The van der Waals surface area contributed by atoms with E-state index in [2.05, 4.69) is 5.32 Å². The summed E-state index contributed by atoms with van der Waals surface area (Å²) in [4.78, 5) is 24.3. The summed E-state index contributed by atoms with van der Waals surface area (Å²) in [5.41, 5.74) is -0.907. The molecule has 1 fully saturated rings. The maximum atomic E-state index is 13.9. The molecule has 1 aliphatic heterocycles. The fraction of sp³-hybridized carbons (Fsp3) is 0.467. The summed E-state index contributed by atoms with van der Waals surface area (Å²) >= 11 is 0. The van der Waals surface area contributed by atoms with Gasteiger partial charge in [-0.2, -0.15) is 0 Å². The molecule has 1 aromatic rings. The molecule has 1 aromatic carbocycles. The lowest BCUT2D eigenvalue weighted by molar-refractivity contribution is -0.146. The quantitative estimate of drug-likeness (QED) is 0.830. The summed E-state index contributed by atoms with van der Waals surface area (Å²) in [5.74, 6) is -1.91. The molecule has 1 saturated heterocycles. The van der Waals surface area contributed by atoms with E-state index in [1.165, 1.54) is 25.1 Å². The Morgan fingerprint density at radius 3 is 2.52 bits per heavy atom. The maximum Gasteiger partial charge on any atom is 0.321 e. The predicted molar refractivity (Wildman–Crippen MR) is 88.2 cm³/mol. The zero-order valence-corrected chi connectivity index (χ0v) is 14.9. The van der Waals surface area contributed by atoms with Crippen molar-refractivity contribution in [3.8, 4) is 0 Å². The molecule has 1 aliphatic rings. The van der Waals surface area contributed by atoms with Crippen LogP contribution < -0.4 is 5.32 Å². The molecule has 0 saturated carbocycles. The molecule has 10 heteroatoms. The summed E-state index contributed by atoms with van der Waals surface area (Å²) < 4.78 is 38.9. The number of nitrogens with one attached hydrogen (secondary N) is 1. The number of halogens is 1. The van der Waals surface area contributed by atoms with E-state index in [0.29, 0.717) is 6.42 Å². The lowest BCUT2D eigenvalue weighted by atomic mass is 9.90. The minimum absolute atomic E-state index is 0.0399. The number of carboxylic acid groups (broad SMARTS) is 1. The summed E-state index contributed by atoms with van der Waals surface area (Å²) in [6.45, 7) is 1.86. The second kappa shape index (κ2) is 6.60. The smallest absolute Gasteiger partial charge is 0.321 e. The van der Waals surface area contributed by atoms with E-state index in [-0.39, 0.29) is 18.8 Å². The molecule has 8 nitrogen and oxygen atoms in total. The highest BCUT2D eigenvalue weighted by atomic mass is 32.2. The molecular formula is C15H20FN3O5S. The number of hydrogen-bond acceptors (Lipinski definition) is 4. The van der Waals surface area contributed by atoms with Crippen molar-refractivity contribution in [3.63, 3.8) is 0 Å². The number of hydrogen-bond donors (Lipinski definition) is 2. The van der Waals surface area contributed by atoms with Gasteiger partial charge in [0.15, 0.2) is 0 Å². The minimum Gasteiger partial charge on any atom is -0.481 e. The molecule has 2 amide bonds. The first-order valence-electron chi connectivity index (χ1n) is 7.49. The highest BCUT2D eigenvalue weighted by Crippen LogP contribution is 2.30. The number of aliphatic carboxylic acids is 1. The number of benzene rings is 1. The molecule has 138 valence electrons. The van der Waals surface area contributed by atoms with Gasteiger partial charge in [-0.1, -0.05) is 0 Å². The van der Waals surface area contributed by atoms with Crippen molar-refractivity contribution < 1.29 is 27.5 Å². The van der Waals surface area contributed by atoms with Gasteiger partial charge in [0.1, 0.15) is 10.7 Å². The third-order valence-corrected chi connectivity index (χ3v) is 6.05. The van der Waals surface area contributed by atoms with Crippen molar-refractivity contribution in [2.24, 2.45) is 5.41 Å². The second-order valence-corrected chi connectivity index (χ2v) is 8.52. The van der Waals surface area contributed by atoms with Gasteiger partial charge in [-0.3, -0.25) is 4.79 Å². The van der Waals surface area contributed by atoms with E-state index in [4.69, 9.17) is 0 Å². The van der Waals surface area contributed by atoms with Gasteiger partial charge in [0.05, 0.1) is 5.41 Å². The maximum absolute atomic E-state index is 13.9. The number of anilines is 1. The fourth-order valence-corrected chi connectivity index (χ4v) is 3.47. The zero-order chi connectivity index (χ0) is 19.0. The third kappa shape index (κ3) is 3.74. The Morgan fingerprint density at radius 2 is 2.00 bits per heavy atom. The van der Waals surface area contributed by atoms with Gasteiger partial charge >= 0.3 is 12.0 Å². The van der Waals surface area contributed by atoms with Crippen molar-refractivity contribution in [2.45, 2.75) is 18.2 Å². The normalized spacial score (nSPS) is 20.8. The van der Waals surface area contributed by atoms with Crippen LogP contribution in [-0.2, 0) is 14.8 Å². The average Bonchev–Trinajstić information content (AvgIpc) is 2.93. The van der Waals surface area contributed by atoms with E-state index in [1.807, 2.05) is 0 Å². The Hall–Kier alpha value is -2.20. The number of carbonyl (C=O) groups is 2. The lowest BCUT2D eigenvalue weighted by Crippen LogP contribution is -2.37. The number of carboxylic acids is 1. The van der Waals surface area contributed by atoms with Gasteiger partial charge in [0.2, 0.25) is 10.0 Å². The Kier molecular flexibility index (Phi) is 5.05. The third-order valence-electron chi connectivity index (χ3n) is 4.22. The number of sulfonamides is 1. The van der Waals surface area contributed by atoms with Crippen LogP contribution in [0, 0.1) is 11.2 Å². The van der Waals surface area contributed by atoms with Gasteiger partial charge < -0.3 is 15.3 Å². The van der Waals surface area contributed by atoms with E-state index < -0.39 is 38.2 Å². The topological polar surface area (TPSA) is 107 Å². The summed E-state index contributed by atoms with van der Waals surface area (Å²) in [6.07, 6.45) is 0.319. The molecule has 2 rings (SSSR count). The number of likely N-dealkylation sites (tertiary alicyclic amines) is 1. The molecule has 0 aromatic heterocycles. The minimum atomic E-state index is -4.00. The molecule has 1 heterocycles. The number of amides is 2. The summed E-state index contributed by atoms with van der Waals surface area (Å²) in [5, 5.41) is 11.7. The number of nitrogens with zero attached hydrogens (tertiary/aromatic N) is 2. The second-order valence-electron chi connectivity index (χ2n) is 6.40. The van der Waals surface area contributed by atoms with Gasteiger partial charge in [-0.25, -0.2) is 21.9 Å². The highest BCUT2D eigenvalue weighted by Gasteiger charge is 2.42. The van der Waals surface area contributed by atoms with Crippen LogP contribution in [0.5, 0.6) is 0 Å². The fourth-order valence-electron chi connectivity index (χ4n) is 2.49. The molecule has 1 unspecified atom stereocenters. The SMILES string of the molecule is CN(C)S(=O)(=O)c1cc(NC(=O)N2CCC(C)(C(=O)O)C2)ccc1F. The van der Waals surface area contributed by atoms with Gasteiger partial charge in [-0.15, -0.1) is 0 Å². The predicted octanol–water partition coefficient (Wildman–Crippen LogP) is 1.40. The molecular weight excluding hydrogens is 353 g/mol. The highest BCUT2D eigenvalue weighted by molar-refractivity contribution is 7.89. The Labute approximate surface area is 145 Å². The Morgan fingerprint density at radius 1 is 1.36 bits per heavy atom. The molecule has 1 atom stereocenters. The van der Waals surface area contributed by atoms with Crippen LogP contribution in [-0.4, -0.2) is 61.9 Å². The number of carbonyl (C=O) groups excluding carboxylic acids is 1. The average molecular weight is 373 g/mol. The van der Waals surface area contributed by atoms with Crippen molar-refractivity contribution in [3.05, 3.63) is 24.0 Å². The first-order valence-corrected chi connectivity index (χ1v) is 8.93. The van der Waals surface area contributed by atoms with Crippen molar-refractivity contribution in [2.75, 3.05) is 32.5 Å². The van der Waals surface area contributed by atoms with Crippen LogP contribution in [0.1, 0.15) is 13.3 Å². The Balaban J connectivity index is 2.19. The molecule has 25 heavy (non-hydrogen) atoms. The first kappa shape index (κ1) is 19.1. The van der Waals surface area contributed by atoms with E-state index in [1.54, 1.807) is 6.92 Å². The van der Waals surface area contributed by atoms with Gasteiger partial charge in [-0.05, 0) is 31.5 Å². The van der Waals surface area contributed by atoms with Crippen LogP contribution in [0.2, 0.25) is 0 Å². The standard InChI is InChI=1S/C15H20FN3O5S/c1-15(13(20)21)6-7-19(9-15)14(22)17-10-4-5-11(16)12(8-10)25(23,24)18(2)3/h4-5,8H,6-7,9H2,1-3H3,(H,17,22)(H,20,21). The Bertz CT molecular complexity index is 811. The molecule has 0 bridgehead atoms. The van der Waals surface area contributed by atoms with E-state index in [9.17, 15) is 27.5 Å². The van der Waals surface area contributed by atoms with E-state index >= 15 is 0 Å². The number of urea groups is 1. The summed E-state index contributed by atoms with van der Waals surface area (Å²) in [7, 11) is -1.45. The number of rotatable bonds is 4.